The van der Waals surface area contributed by atoms with Gasteiger partial charge in [-0.2, -0.15) is 13.2 Å². The van der Waals surface area contributed by atoms with Crippen molar-refractivity contribution >= 4 is 56.1 Å². The fraction of sp³-hybridized carbons (Fsp3) is 0.448. The summed E-state index contributed by atoms with van der Waals surface area (Å²) in [6, 6.07) is 7.94. The van der Waals surface area contributed by atoms with Crippen LogP contribution in [0.1, 0.15) is 72.5 Å². The van der Waals surface area contributed by atoms with Crippen molar-refractivity contribution in [3.63, 3.8) is 0 Å². The number of alkyl halides is 3. The first-order valence-corrected chi connectivity index (χ1v) is 14.8. The molecule has 0 radical (unpaired) electrons. The molecule has 1 spiro atoms. The molecule has 1 unspecified atom stereocenters. The zero-order valence-electron chi connectivity index (χ0n) is 23.3. The van der Waals surface area contributed by atoms with E-state index in [1.807, 2.05) is 32.0 Å². The summed E-state index contributed by atoms with van der Waals surface area (Å²) >= 11 is 2.49. The Bertz CT molecular complexity index is 1560. The molecule has 1 fully saturated rings. The summed E-state index contributed by atoms with van der Waals surface area (Å²) in [5.74, 6) is -0.382. The predicted molar refractivity (Wildman–Crippen MR) is 153 cm³/mol. The maximum Gasteiger partial charge on any atom is 0.433 e. The minimum Gasteiger partial charge on any atom is -0.444 e. The number of carbonyl (C=O) groups is 3. The second kappa shape index (κ2) is 10.3. The number of nitrogens with zero attached hydrogens (tertiary/aromatic N) is 2. The quantitative estimate of drug-likeness (QED) is 0.324. The number of piperidine rings is 1. The predicted octanol–water partition coefficient (Wildman–Crippen LogP) is 7.57. The van der Waals surface area contributed by atoms with Gasteiger partial charge in [0.05, 0.1) is 5.56 Å². The van der Waals surface area contributed by atoms with Gasteiger partial charge in [0.2, 0.25) is 0 Å². The van der Waals surface area contributed by atoms with Crippen molar-refractivity contribution in [2.75, 3.05) is 18.4 Å². The third-order valence-electron chi connectivity index (χ3n) is 7.37. The van der Waals surface area contributed by atoms with Gasteiger partial charge >= 0.3 is 12.3 Å². The average Bonchev–Trinajstić information content (AvgIpc) is 3.21. The average molecular weight is 606 g/mol. The number of aryl methyl sites for hydroxylation is 1. The highest BCUT2D eigenvalue weighted by molar-refractivity contribution is 8.01. The second-order valence-corrected chi connectivity index (χ2v) is 14.1. The van der Waals surface area contributed by atoms with E-state index < -0.39 is 29.5 Å². The van der Waals surface area contributed by atoms with E-state index in [-0.39, 0.29) is 37.2 Å². The molecule has 41 heavy (non-hydrogen) atoms. The first kappa shape index (κ1) is 29.4. The standard InChI is InChI=1S/C29H30F3N3O4S2/c1-15-6-8-20-18(12-15)19(36)13-28(41-20)10-11-35(14-16(28)2)25(37)22-17-7-9-21(29(30,31)32)33-23(17)40-24(22)34-26(38)39-27(3,4)5/h6-9,12,16H,10-11,13-14H2,1-5H3,(H,34,38)/t16-,28?/m1/s1. The zero-order chi connectivity index (χ0) is 29.9. The molecule has 0 aliphatic carbocycles. The lowest BCUT2D eigenvalue weighted by Crippen LogP contribution is -2.52. The number of pyridine rings is 1. The second-order valence-electron chi connectivity index (χ2n) is 11.6. The molecule has 0 bridgehead atoms. The number of rotatable bonds is 2. The van der Waals surface area contributed by atoms with Crippen molar-refractivity contribution in [3.8, 4) is 0 Å². The summed E-state index contributed by atoms with van der Waals surface area (Å²) in [6.45, 7) is 9.70. The number of anilines is 1. The number of carbonyl (C=O) groups excluding carboxylic acids is 3. The van der Waals surface area contributed by atoms with Crippen LogP contribution in [0.25, 0.3) is 10.2 Å². The number of benzene rings is 1. The van der Waals surface area contributed by atoms with Gasteiger partial charge in [-0.1, -0.05) is 29.9 Å². The molecule has 7 nitrogen and oxygen atoms in total. The Balaban J connectivity index is 1.45. The van der Waals surface area contributed by atoms with Gasteiger partial charge in [-0.05, 0) is 64.3 Å². The van der Waals surface area contributed by atoms with E-state index in [4.69, 9.17) is 4.74 Å². The SMILES string of the molecule is Cc1ccc2c(c1)C(=O)CC1(CCN(C(=O)c3c(NC(=O)OC(C)(C)C)sc4nc(C(F)(F)F)ccc34)C[C@H]1C)S2. The number of thioether (sulfide) groups is 1. The molecule has 1 aromatic carbocycles. The number of halogens is 3. The van der Waals surface area contributed by atoms with Crippen LogP contribution in [0.5, 0.6) is 0 Å². The molecule has 2 atom stereocenters. The number of ether oxygens (including phenoxy) is 1. The lowest BCUT2D eigenvalue weighted by atomic mass is 9.80. The van der Waals surface area contributed by atoms with Crippen molar-refractivity contribution in [1.29, 1.82) is 0 Å². The molecule has 5 rings (SSSR count). The topological polar surface area (TPSA) is 88.6 Å². The van der Waals surface area contributed by atoms with Crippen LogP contribution in [0.15, 0.2) is 35.2 Å². The fourth-order valence-electron chi connectivity index (χ4n) is 5.32. The molecule has 2 amide bonds. The molecule has 4 heterocycles. The zero-order valence-corrected chi connectivity index (χ0v) is 24.9. The summed E-state index contributed by atoms with van der Waals surface area (Å²) in [5.41, 5.74) is -0.0711. The number of ketones is 1. The molecular formula is C29H30F3N3O4S2. The number of hydrogen-bond donors (Lipinski definition) is 1. The van der Waals surface area contributed by atoms with Gasteiger partial charge in [0, 0.05) is 40.1 Å². The Morgan fingerprint density at radius 3 is 2.56 bits per heavy atom. The minimum atomic E-state index is -4.66. The molecule has 2 aliphatic heterocycles. The smallest absolute Gasteiger partial charge is 0.433 e. The summed E-state index contributed by atoms with van der Waals surface area (Å²) in [5, 5.41) is 2.86. The van der Waals surface area contributed by atoms with E-state index in [9.17, 15) is 27.6 Å². The molecule has 218 valence electrons. The Labute approximate surface area is 243 Å². The van der Waals surface area contributed by atoms with Crippen molar-refractivity contribution in [3.05, 3.63) is 52.7 Å². The number of fused-ring (bicyclic) bond motifs is 2. The number of aromatic nitrogens is 1. The number of nitrogens with one attached hydrogen (secondary N) is 1. The number of thiophene rings is 1. The highest BCUT2D eigenvalue weighted by atomic mass is 32.2. The van der Waals surface area contributed by atoms with Gasteiger partial charge in [-0.3, -0.25) is 14.9 Å². The van der Waals surface area contributed by atoms with Crippen molar-refractivity contribution in [2.24, 2.45) is 5.92 Å². The minimum absolute atomic E-state index is 0.0175. The van der Waals surface area contributed by atoms with Gasteiger partial charge in [0.1, 0.15) is 21.1 Å². The summed E-state index contributed by atoms with van der Waals surface area (Å²) < 4.78 is 45.1. The van der Waals surface area contributed by atoms with Crippen LogP contribution in [0.2, 0.25) is 0 Å². The maximum absolute atomic E-state index is 14.0. The van der Waals surface area contributed by atoms with E-state index in [2.05, 4.69) is 10.3 Å². The lowest BCUT2D eigenvalue weighted by Gasteiger charge is -2.48. The Morgan fingerprint density at radius 2 is 1.90 bits per heavy atom. The molecule has 2 aromatic heterocycles. The number of hydrogen-bond acceptors (Lipinski definition) is 7. The molecule has 2 aliphatic rings. The monoisotopic (exact) mass is 605 g/mol. The first-order chi connectivity index (χ1) is 19.1. The number of amides is 2. The van der Waals surface area contributed by atoms with E-state index in [0.717, 1.165) is 33.4 Å². The molecule has 12 heteroatoms. The van der Waals surface area contributed by atoms with Crippen LogP contribution in [0, 0.1) is 12.8 Å². The third kappa shape index (κ3) is 5.81. The molecule has 1 saturated heterocycles. The maximum atomic E-state index is 14.0. The Kier molecular flexibility index (Phi) is 7.38. The fourth-order valence-corrected chi connectivity index (χ4v) is 7.90. The normalized spacial score (nSPS) is 21.2. The van der Waals surface area contributed by atoms with Crippen LogP contribution >= 0.6 is 23.1 Å². The molecular weight excluding hydrogens is 575 g/mol. The van der Waals surface area contributed by atoms with Gasteiger partial charge in [-0.25, -0.2) is 9.78 Å². The van der Waals surface area contributed by atoms with Crippen LogP contribution in [0.4, 0.5) is 23.0 Å². The number of likely N-dealkylation sites (tertiary alicyclic amines) is 1. The van der Waals surface area contributed by atoms with Crippen molar-refractivity contribution in [2.45, 2.75) is 68.9 Å². The van der Waals surface area contributed by atoms with Crippen LogP contribution in [0.3, 0.4) is 0 Å². The Morgan fingerprint density at radius 1 is 1.17 bits per heavy atom. The Hall–Kier alpha value is -3.12. The lowest BCUT2D eigenvalue weighted by molar-refractivity contribution is -0.140. The van der Waals surface area contributed by atoms with Crippen LogP contribution in [-0.4, -0.2) is 51.1 Å². The largest absolute Gasteiger partial charge is 0.444 e. The van der Waals surface area contributed by atoms with Gasteiger partial charge in [0.25, 0.3) is 5.91 Å². The van der Waals surface area contributed by atoms with Crippen LogP contribution in [-0.2, 0) is 10.9 Å². The highest BCUT2D eigenvalue weighted by Gasteiger charge is 2.47. The summed E-state index contributed by atoms with van der Waals surface area (Å²) in [6.07, 6.45) is -4.55. The van der Waals surface area contributed by atoms with E-state index in [1.54, 1.807) is 37.4 Å². The molecule has 1 N–H and O–H groups in total. The third-order valence-corrected chi connectivity index (χ3v) is 10.1. The van der Waals surface area contributed by atoms with E-state index in [1.165, 1.54) is 6.07 Å². The van der Waals surface area contributed by atoms with Crippen molar-refractivity contribution in [1.82, 2.24) is 9.88 Å². The van der Waals surface area contributed by atoms with Crippen LogP contribution < -0.4 is 5.32 Å². The first-order valence-electron chi connectivity index (χ1n) is 13.2. The molecule has 0 saturated carbocycles. The summed E-state index contributed by atoms with van der Waals surface area (Å²) in [4.78, 5) is 46.0. The number of Topliss-reactive ketones (excluding diaryl/α,β-unsaturated/α-hetero) is 1. The van der Waals surface area contributed by atoms with Gasteiger partial charge in [-0.15, -0.1) is 11.8 Å². The van der Waals surface area contributed by atoms with Crippen molar-refractivity contribution < 1.29 is 32.3 Å². The summed E-state index contributed by atoms with van der Waals surface area (Å²) in [7, 11) is 0. The van der Waals surface area contributed by atoms with Gasteiger partial charge in [0.15, 0.2) is 5.78 Å². The molecule has 3 aromatic rings. The van der Waals surface area contributed by atoms with E-state index in [0.29, 0.717) is 25.9 Å². The van der Waals surface area contributed by atoms with Gasteiger partial charge < -0.3 is 9.64 Å². The van der Waals surface area contributed by atoms with E-state index >= 15 is 0 Å². The highest BCUT2D eigenvalue weighted by Crippen LogP contribution is 2.52.